The first-order chi connectivity index (χ1) is 7.93. The van der Waals surface area contributed by atoms with Crippen molar-refractivity contribution in [2.45, 2.75) is 52.6 Å². The summed E-state index contributed by atoms with van der Waals surface area (Å²) in [5, 5.41) is 0. The third-order valence-electron chi connectivity index (χ3n) is 3.47. The van der Waals surface area contributed by atoms with Gasteiger partial charge in [0.1, 0.15) is 6.10 Å². The van der Waals surface area contributed by atoms with Gasteiger partial charge in [0, 0.05) is 0 Å². The topological polar surface area (TPSA) is 52.6 Å². The van der Waals surface area contributed by atoms with E-state index in [0.717, 1.165) is 25.7 Å². The largest absolute Gasteiger partial charge is 0.460 e. The van der Waals surface area contributed by atoms with E-state index < -0.39 is 5.97 Å². The summed E-state index contributed by atoms with van der Waals surface area (Å²) in [7, 11) is 0. The lowest BCUT2D eigenvalue weighted by atomic mass is 9.72. The van der Waals surface area contributed by atoms with Crippen LogP contribution in [0.1, 0.15) is 46.5 Å². The molecule has 0 heterocycles. The number of carbonyl (C=O) groups is 2. The van der Waals surface area contributed by atoms with Crippen molar-refractivity contribution in [1.82, 2.24) is 0 Å². The predicted octanol–water partition coefficient (Wildman–Crippen LogP) is 2.31. The second kappa shape index (κ2) is 6.03. The third kappa shape index (κ3) is 4.75. The minimum absolute atomic E-state index is 0.00338. The van der Waals surface area contributed by atoms with Gasteiger partial charge in [0.05, 0.1) is 0 Å². The molecular weight excluding hydrogens is 220 g/mol. The molecule has 0 spiro atoms. The van der Waals surface area contributed by atoms with Crippen LogP contribution < -0.4 is 0 Å². The summed E-state index contributed by atoms with van der Waals surface area (Å²) in [6.45, 7) is 6.74. The van der Waals surface area contributed by atoms with Crippen molar-refractivity contribution in [3.63, 3.8) is 0 Å². The molecule has 0 aromatic rings. The fourth-order valence-electron chi connectivity index (χ4n) is 2.37. The first-order valence-corrected chi connectivity index (χ1v) is 6.18. The molecule has 1 fully saturated rings. The Bertz CT molecular complexity index is 259. The zero-order valence-electron chi connectivity index (χ0n) is 10.9. The average molecular weight is 242 g/mol. The number of rotatable bonds is 4. The zero-order valence-corrected chi connectivity index (χ0v) is 10.9. The number of hydrogen-bond acceptors (Lipinski definition) is 4. The van der Waals surface area contributed by atoms with Crippen LogP contribution in [0.3, 0.4) is 0 Å². The van der Waals surface area contributed by atoms with Crippen molar-refractivity contribution in [1.29, 1.82) is 0 Å². The molecule has 98 valence electrons. The summed E-state index contributed by atoms with van der Waals surface area (Å²) in [5.74, 6) is 0.250. The summed E-state index contributed by atoms with van der Waals surface area (Å²) in [6, 6.07) is 0. The van der Waals surface area contributed by atoms with Gasteiger partial charge in [-0.3, -0.25) is 4.79 Å². The molecule has 4 heteroatoms. The van der Waals surface area contributed by atoms with Crippen molar-refractivity contribution < 1.29 is 19.1 Å². The highest BCUT2D eigenvalue weighted by molar-refractivity contribution is 5.72. The quantitative estimate of drug-likeness (QED) is 0.560. The molecule has 0 unspecified atom stereocenters. The molecule has 1 rings (SSSR count). The second-order valence-electron chi connectivity index (χ2n) is 5.74. The molecule has 1 aliphatic carbocycles. The lowest BCUT2D eigenvalue weighted by molar-refractivity contribution is -0.159. The van der Waals surface area contributed by atoms with Crippen LogP contribution in [0.4, 0.5) is 0 Å². The molecule has 17 heavy (non-hydrogen) atoms. The normalized spacial score (nSPS) is 25.1. The molecule has 0 aliphatic heterocycles. The number of esters is 1. The van der Waals surface area contributed by atoms with E-state index in [9.17, 15) is 9.59 Å². The van der Waals surface area contributed by atoms with Crippen LogP contribution in [0, 0.1) is 11.3 Å². The lowest BCUT2D eigenvalue weighted by Gasteiger charge is -2.36. The highest BCUT2D eigenvalue weighted by Gasteiger charge is 2.30. The molecular formula is C13H22O4. The van der Waals surface area contributed by atoms with E-state index in [-0.39, 0.29) is 19.2 Å². The van der Waals surface area contributed by atoms with E-state index in [1.54, 1.807) is 0 Å². The SMILES string of the molecule is CC(C)(C)C1CCC(OC(=O)COC=O)CC1. The first-order valence-electron chi connectivity index (χ1n) is 6.18. The molecule has 4 nitrogen and oxygen atoms in total. The minimum atomic E-state index is -0.448. The molecule has 0 atom stereocenters. The molecule has 1 saturated carbocycles. The molecule has 0 aromatic heterocycles. The maximum absolute atomic E-state index is 11.2. The summed E-state index contributed by atoms with van der Waals surface area (Å²) < 4.78 is 9.59. The fraction of sp³-hybridized carbons (Fsp3) is 0.846. The van der Waals surface area contributed by atoms with Crippen LogP contribution in [0.15, 0.2) is 0 Å². The molecule has 1 aliphatic rings. The summed E-state index contributed by atoms with van der Waals surface area (Å²) in [4.78, 5) is 21.2. The Morgan fingerprint density at radius 2 is 1.82 bits per heavy atom. The van der Waals surface area contributed by atoms with Gasteiger partial charge < -0.3 is 9.47 Å². The highest BCUT2D eigenvalue weighted by atomic mass is 16.6. The zero-order chi connectivity index (χ0) is 12.9. The average Bonchev–Trinajstić information content (AvgIpc) is 2.26. The van der Waals surface area contributed by atoms with E-state index in [2.05, 4.69) is 25.5 Å². The van der Waals surface area contributed by atoms with E-state index in [1.807, 2.05) is 0 Å². The number of ether oxygens (including phenoxy) is 2. The predicted molar refractivity (Wildman–Crippen MR) is 63.3 cm³/mol. The van der Waals surface area contributed by atoms with Crippen LogP contribution >= 0.6 is 0 Å². The van der Waals surface area contributed by atoms with Crippen molar-refractivity contribution >= 4 is 12.4 Å². The fourth-order valence-corrected chi connectivity index (χ4v) is 2.37. The second-order valence-corrected chi connectivity index (χ2v) is 5.74. The molecule has 0 radical (unpaired) electrons. The molecule has 0 aromatic carbocycles. The van der Waals surface area contributed by atoms with Crippen molar-refractivity contribution in [3.8, 4) is 0 Å². The van der Waals surface area contributed by atoms with Crippen molar-refractivity contribution in [3.05, 3.63) is 0 Å². The van der Waals surface area contributed by atoms with Gasteiger partial charge in [0.25, 0.3) is 6.47 Å². The Kier molecular flexibility index (Phi) is 4.97. The maximum atomic E-state index is 11.2. The monoisotopic (exact) mass is 242 g/mol. The van der Waals surface area contributed by atoms with Crippen molar-refractivity contribution in [2.24, 2.45) is 11.3 Å². The Morgan fingerprint density at radius 3 is 2.29 bits per heavy atom. The van der Waals surface area contributed by atoms with E-state index in [1.165, 1.54) is 0 Å². The standard InChI is InChI=1S/C13H22O4/c1-13(2,3)10-4-6-11(7-5-10)17-12(15)8-16-9-14/h9-11H,4-8H2,1-3H3. The first kappa shape index (κ1) is 14.0. The van der Waals surface area contributed by atoms with Crippen LogP contribution in [-0.2, 0) is 19.1 Å². The molecule has 0 N–H and O–H groups in total. The summed E-state index contributed by atoms with van der Waals surface area (Å²) >= 11 is 0. The number of carbonyl (C=O) groups excluding carboxylic acids is 2. The van der Waals surface area contributed by atoms with Crippen LogP contribution in [0.25, 0.3) is 0 Å². The van der Waals surface area contributed by atoms with Gasteiger partial charge in [-0.1, -0.05) is 20.8 Å². The van der Waals surface area contributed by atoms with E-state index >= 15 is 0 Å². The van der Waals surface area contributed by atoms with Gasteiger partial charge in [-0.15, -0.1) is 0 Å². The van der Waals surface area contributed by atoms with Gasteiger partial charge in [0.2, 0.25) is 0 Å². The van der Waals surface area contributed by atoms with Crippen LogP contribution in [0.5, 0.6) is 0 Å². The third-order valence-corrected chi connectivity index (χ3v) is 3.47. The molecule has 0 saturated heterocycles. The Labute approximate surface area is 103 Å². The molecule has 0 amide bonds. The van der Waals surface area contributed by atoms with Crippen molar-refractivity contribution in [2.75, 3.05) is 6.61 Å². The van der Waals surface area contributed by atoms with Gasteiger partial charge in [0.15, 0.2) is 6.61 Å². The van der Waals surface area contributed by atoms with Gasteiger partial charge >= 0.3 is 5.97 Å². The lowest BCUT2D eigenvalue weighted by Crippen LogP contribution is -2.31. The van der Waals surface area contributed by atoms with Gasteiger partial charge in [-0.2, -0.15) is 0 Å². The van der Waals surface area contributed by atoms with E-state index in [0.29, 0.717) is 11.3 Å². The summed E-state index contributed by atoms with van der Waals surface area (Å²) in [6.07, 6.45) is 4.01. The Morgan fingerprint density at radius 1 is 1.24 bits per heavy atom. The minimum Gasteiger partial charge on any atom is -0.460 e. The maximum Gasteiger partial charge on any atom is 0.344 e. The Hall–Kier alpha value is -1.06. The van der Waals surface area contributed by atoms with Gasteiger partial charge in [-0.25, -0.2) is 4.79 Å². The molecule has 0 bridgehead atoms. The van der Waals surface area contributed by atoms with E-state index in [4.69, 9.17) is 4.74 Å². The van der Waals surface area contributed by atoms with Crippen LogP contribution in [0.2, 0.25) is 0 Å². The van der Waals surface area contributed by atoms with Crippen LogP contribution in [-0.4, -0.2) is 25.2 Å². The number of hydrogen-bond donors (Lipinski definition) is 0. The smallest absolute Gasteiger partial charge is 0.344 e. The highest BCUT2D eigenvalue weighted by Crippen LogP contribution is 2.38. The Balaban J connectivity index is 2.28. The van der Waals surface area contributed by atoms with Gasteiger partial charge in [-0.05, 0) is 37.0 Å². The summed E-state index contributed by atoms with van der Waals surface area (Å²) in [5.41, 5.74) is 0.329.